The summed E-state index contributed by atoms with van der Waals surface area (Å²) in [4.78, 5) is 9.08. The standard InChI is InChI=1S/C21H33N5O2/c1-6-22-21(24-14-12-19-25-20(15(2)3)26-28-19)23-13-11-16(4)17-7-9-18(27-5)10-8-17/h7-10,15-16H,6,11-14H2,1-5H3,(H2,22,23,24). The van der Waals surface area contributed by atoms with Crippen molar-refractivity contribution in [1.29, 1.82) is 0 Å². The van der Waals surface area contributed by atoms with Gasteiger partial charge >= 0.3 is 0 Å². The monoisotopic (exact) mass is 387 g/mol. The molecular formula is C21H33N5O2. The van der Waals surface area contributed by atoms with Crippen LogP contribution >= 0.6 is 0 Å². The first kappa shape index (κ1) is 21.7. The van der Waals surface area contributed by atoms with E-state index in [9.17, 15) is 0 Å². The smallest absolute Gasteiger partial charge is 0.228 e. The lowest BCUT2D eigenvalue weighted by Crippen LogP contribution is -2.38. The lowest BCUT2D eigenvalue weighted by Gasteiger charge is -2.13. The number of hydrogen-bond donors (Lipinski definition) is 2. The highest BCUT2D eigenvalue weighted by Gasteiger charge is 2.10. The van der Waals surface area contributed by atoms with Gasteiger partial charge in [-0.2, -0.15) is 4.98 Å². The maximum Gasteiger partial charge on any atom is 0.228 e. The molecule has 0 aliphatic heterocycles. The highest BCUT2D eigenvalue weighted by Crippen LogP contribution is 2.21. The summed E-state index contributed by atoms with van der Waals surface area (Å²) in [6, 6.07) is 8.24. The summed E-state index contributed by atoms with van der Waals surface area (Å²) in [5.74, 6) is 3.81. The zero-order valence-electron chi connectivity index (χ0n) is 17.7. The number of aromatic nitrogens is 2. The number of rotatable bonds is 10. The summed E-state index contributed by atoms with van der Waals surface area (Å²) >= 11 is 0. The van der Waals surface area contributed by atoms with E-state index in [-0.39, 0.29) is 5.92 Å². The number of ether oxygens (including phenoxy) is 1. The van der Waals surface area contributed by atoms with E-state index in [0.29, 0.717) is 24.8 Å². The number of methoxy groups -OCH3 is 1. The van der Waals surface area contributed by atoms with Crippen molar-refractivity contribution in [2.45, 2.75) is 52.4 Å². The summed E-state index contributed by atoms with van der Waals surface area (Å²) < 4.78 is 10.5. The summed E-state index contributed by atoms with van der Waals surface area (Å²) in [5, 5.41) is 10.6. The van der Waals surface area contributed by atoms with Gasteiger partial charge < -0.3 is 19.9 Å². The van der Waals surface area contributed by atoms with Crippen LogP contribution in [-0.2, 0) is 6.42 Å². The third-order valence-electron chi connectivity index (χ3n) is 4.49. The Labute approximate surface area is 168 Å². The topological polar surface area (TPSA) is 84.6 Å². The van der Waals surface area contributed by atoms with Gasteiger partial charge in [-0.1, -0.05) is 38.1 Å². The Morgan fingerprint density at radius 3 is 2.54 bits per heavy atom. The van der Waals surface area contributed by atoms with Crippen molar-refractivity contribution in [3.63, 3.8) is 0 Å². The van der Waals surface area contributed by atoms with Gasteiger partial charge in [-0.05, 0) is 37.0 Å². The van der Waals surface area contributed by atoms with Gasteiger partial charge in [-0.15, -0.1) is 0 Å². The first-order valence-electron chi connectivity index (χ1n) is 10.0. The molecule has 28 heavy (non-hydrogen) atoms. The average Bonchev–Trinajstić information content (AvgIpc) is 3.17. The minimum Gasteiger partial charge on any atom is -0.497 e. The van der Waals surface area contributed by atoms with E-state index in [1.165, 1.54) is 5.56 Å². The molecule has 2 aromatic rings. The first-order valence-corrected chi connectivity index (χ1v) is 10.0. The van der Waals surface area contributed by atoms with Crippen molar-refractivity contribution in [1.82, 2.24) is 20.8 Å². The molecule has 1 unspecified atom stereocenters. The molecule has 1 aromatic heterocycles. The predicted octanol–water partition coefficient (Wildman–Crippen LogP) is 3.49. The van der Waals surface area contributed by atoms with Crippen LogP contribution in [0.2, 0.25) is 0 Å². The Hall–Kier alpha value is -2.57. The van der Waals surface area contributed by atoms with Gasteiger partial charge in [-0.25, -0.2) is 0 Å². The molecule has 0 aliphatic rings. The average molecular weight is 388 g/mol. The van der Waals surface area contributed by atoms with Crippen LogP contribution in [0.3, 0.4) is 0 Å². The minimum atomic E-state index is 0.275. The van der Waals surface area contributed by atoms with E-state index in [0.717, 1.165) is 37.0 Å². The second kappa shape index (κ2) is 11.3. The molecule has 1 aromatic carbocycles. The third kappa shape index (κ3) is 6.87. The van der Waals surface area contributed by atoms with Crippen LogP contribution in [0.5, 0.6) is 5.75 Å². The fourth-order valence-corrected chi connectivity index (χ4v) is 2.70. The first-order chi connectivity index (χ1) is 13.5. The molecule has 1 atom stereocenters. The Kier molecular flexibility index (Phi) is 8.78. The quantitative estimate of drug-likeness (QED) is 0.479. The number of guanidine groups is 1. The van der Waals surface area contributed by atoms with E-state index in [1.54, 1.807) is 7.11 Å². The van der Waals surface area contributed by atoms with Crippen molar-refractivity contribution < 1.29 is 9.26 Å². The zero-order chi connectivity index (χ0) is 20.4. The minimum absolute atomic E-state index is 0.275. The Morgan fingerprint density at radius 2 is 1.93 bits per heavy atom. The van der Waals surface area contributed by atoms with Gasteiger partial charge in [0.1, 0.15) is 5.75 Å². The molecule has 7 heteroatoms. The molecule has 2 rings (SSSR count). The number of benzene rings is 1. The molecule has 0 radical (unpaired) electrons. The fourth-order valence-electron chi connectivity index (χ4n) is 2.70. The molecule has 0 bridgehead atoms. The fraction of sp³-hybridized carbons (Fsp3) is 0.571. The zero-order valence-corrected chi connectivity index (χ0v) is 17.7. The summed E-state index contributed by atoms with van der Waals surface area (Å²) in [7, 11) is 1.68. The van der Waals surface area contributed by atoms with Gasteiger partial charge in [0.05, 0.1) is 7.11 Å². The van der Waals surface area contributed by atoms with Gasteiger partial charge in [0.15, 0.2) is 11.8 Å². The number of nitrogens with zero attached hydrogens (tertiary/aromatic N) is 3. The van der Waals surface area contributed by atoms with Crippen LogP contribution in [-0.4, -0.2) is 42.8 Å². The highest BCUT2D eigenvalue weighted by molar-refractivity contribution is 5.79. The Balaban J connectivity index is 1.79. The van der Waals surface area contributed by atoms with E-state index in [2.05, 4.69) is 65.6 Å². The summed E-state index contributed by atoms with van der Waals surface area (Å²) in [6.07, 6.45) is 1.65. The van der Waals surface area contributed by atoms with Crippen molar-refractivity contribution in [2.75, 3.05) is 26.7 Å². The van der Waals surface area contributed by atoms with Crippen molar-refractivity contribution in [3.05, 3.63) is 41.5 Å². The van der Waals surface area contributed by atoms with E-state index in [1.807, 2.05) is 12.1 Å². The van der Waals surface area contributed by atoms with Gasteiger partial charge in [0.25, 0.3) is 0 Å². The molecule has 0 fully saturated rings. The van der Waals surface area contributed by atoms with Crippen LogP contribution in [0, 0.1) is 0 Å². The van der Waals surface area contributed by atoms with Gasteiger partial charge in [0, 0.05) is 32.0 Å². The summed E-state index contributed by atoms with van der Waals surface area (Å²) in [6.45, 7) is 10.6. The third-order valence-corrected chi connectivity index (χ3v) is 4.49. The van der Waals surface area contributed by atoms with Gasteiger partial charge in [0.2, 0.25) is 5.89 Å². The van der Waals surface area contributed by atoms with Crippen molar-refractivity contribution in [2.24, 2.45) is 4.99 Å². The lowest BCUT2D eigenvalue weighted by atomic mass is 9.98. The van der Waals surface area contributed by atoms with Crippen LogP contribution in [0.1, 0.15) is 63.2 Å². The Bertz CT molecular complexity index is 725. The largest absolute Gasteiger partial charge is 0.497 e. The molecule has 1 heterocycles. The van der Waals surface area contributed by atoms with E-state index >= 15 is 0 Å². The van der Waals surface area contributed by atoms with Crippen LogP contribution < -0.4 is 15.4 Å². The molecule has 2 N–H and O–H groups in total. The molecule has 7 nitrogen and oxygen atoms in total. The number of aliphatic imine (C=N–C) groups is 1. The van der Waals surface area contributed by atoms with Crippen molar-refractivity contribution >= 4 is 5.96 Å². The van der Waals surface area contributed by atoms with Crippen LogP contribution in [0.25, 0.3) is 0 Å². The van der Waals surface area contributed by atoms with E-state index in [4.69, 9.17) is 9.26 Å². The summed E-state index contributed by atoms with van der Waals surface area (Å²) in [5.41, 5.74) is 1.30. The number of nitrogens with one attached hydrogen (secondary N) is 2. The second-order valence-electron chi connectivity index (χ2n) is 7.10. The van der Waals surface area contributed by atoms with E-state index < -0.39 is 0 Å². The molecular weight excluding hydrogens is 354 g/mol. The molecule has 0 spiro atoms. The molecule has 0 amide bonds. The SMILES string of the molecule is CCNC(=NCCC(C)c1ccc(OC)cc1)NCCc1nc(C(C)C)no1. The normalized spacial score (nSPS) is 12.9. The molecule has 0 saturated carbocycles. The number of hydrogen-bond acceptors (Lipinski definition) is 5. The van der Waals surface area contributed by atoms with Gasteiger partial charge in [-0.3, -0.25) is 4.99 Å². The Morgan fingerprint density at radius 1 is 1.18 bits per heavy atom. The maximum atomic E-state index is 5.28. The lowest BCUT2D eigenvalue weighted by molar-refractivity contribution is 0.371. The van der Waals surface area contributed by atoms with Crippen molar-refractivity contribution in [3.8, 4) is 5.75 Å². The maximum absolute atomic E-state index is 5.28. The molecule has 0 saturated heterocycles. The molecule has 154 valence electrons. The predicted molar refractivity (Wildman–Crippen MR) is 112 cm³/mol. The highest BCUT2D eigenvalue weighted by atomic mass is 16.5. The van der Waals surface area contributed by atoms with Crippen LogP contribution in [0.4, 0.5) is 0 Å². The van der Waals surface area contributed by atoms with Crippen LogP contribution in [0.15, 0.2) is 33.8 Å². The molecule has 0 aliphatic carbocycles. The second-order valence-corrected chi connectivity index (χ2v) is 7.10.